The molecule has 0 heterocycles. The van der Waals surface area contributed by atoms with Gasteiger partial charge in [0.05, 0.1) is 0 Å². The molecule has 0 aliphatic carbocycles. The largest absolute Gasteiger partial charge is 0.392 e. The Bertz CT molecular complexity index is 28.7. The van der Waals surface area contributed by atoms with Crippen molar-refractivity contribution in [2.24, 2.45) is 0 Å². The second kappa shape index (κ2) is 3.54. The summed E-state index contributed by atoms with van der Waals surface area (Å²) in [4.78, 5) is 0. The normalized spacial score (nSPS) is 6.60. The zero-order valence-electron chi connectivity index (χ0n) is 3.49. The number of rotatable bonds is 2. The first kappa shape index (κ1) is 4.54. The summed E-state index contributed by atoms with van der Waals surface area (Å²) in [6.07, 6.45) is 1.68. The summed E-state index contributed by atoms with van der Waals surface area (Å²) in [5.41, 5.74) is 0. The molecule has 0 aromatic heterocycles. The maximum atomic E-state index is 3.44. The summed E-state index contributed by atoms with van der Waals surface area (Å²) < 4.78 is 0. The van der Waals surface area contributed by atoms with Gasteiger partial charge in [0, 0.05) is 7.97 Å². The van der Waals surface area contributed by atoms with Gasteiger partial charge >= 0.3 is 0 Å². The summed E-state index contributed by atoms with van der Waals surface area (Å²) >= 11 is 0. The summed E-state index contributed by atoms with van der Waals surface area (Å²) in [6.45, 7) is 6.44. The molecule has 1 nitrogen and oxygen atoms in total. The lowest BCUT2D eigenvalue weighted by molar-refractivity contribution is 0.922. The van der Waals surface area contributed by atoms with Gasteiger partial charge in [-0.2, -0.15) is 0 Å². The Labute approximate surface area is 34.2 Å². The van der Waals surface area contributed by atoms with Crippen LogP contribution in [-0.2, 0) is 0 Å². The lowest BCUT2D eigenvalue weighted by Crippen LogP contribution is -1.99. The predicted molar refractivity (Wildman–Crippen MR) is 26.0 cm³/mol. The quantitative estimate of drug-likeness (QED) is 0.514. The fourth-order valence-electron chi connectivity index (χ4n) is 0.144. The highest BCUT2D eigenvalue weighted by atomic mass is 14.8. The van der Waals surface area contributed by atoms with E-state index >= 15 is 0 Å². The minimum Gasteiger partial charge on any atom is -0.392 e. The molecule has 0 aliphatic rings. The first-order valence-corrected chi connectivity index (χ1v) is 1.76. The predicted octanol–water partition coefficient (Wildman–Crippen LogP) is 0.985. The third-order valence-electron chi connectivity index (χ3n) is 0.348. The van der Waals surface area contributed by atoms with Gasteiger partial charge in [-0.3, -0.25) is 0 Å². The van der Waals surface area contributed by atoms with Crippen molar-refractivity contribution in [2.45, 2.75) is 6.92 Å². The lowest BCUT2D eigenvalue weighted by atomic mass is 10.7. The highest BCUT2D eigenvalue weighted by Gasteiger charge is 1.54. The highest BCUT2D eigenvalue weighted by Crippen LogP contribution is 1.47. The van der Waals surface area contributed by atoms with Gasteiger partial charge in [0.2, 0.25) is 0 Å². The molecular formula is C4H11N. The molecule has 1 N–H and O–H groups in total. The van der Waals surface area contributed by atoms with E-state index in [-0.39, 0.29) is 1.43 Å². The van der Waals surface area contributed by atoms with Crippen molar-refractivity contribution in [3.05, 3.63) is 12.8 Å². The van der Waals surface area contributed by atoms with Crippen molar-refractivity contribution >= 4 is 0 Å². The minimum atomic E-state index is 0. The van der Waals surface area contributed by atoms with Gasteiger partial charge in [0.1, 0.15) is 0 Å². The molecule has 0 amide bonds. The van der Waals surface area contributed by atoms with Gasteiger partial charge in [-0.05, 0) is 13.1 Å². The van der Waals surface area contributed by atoms with Gasteiger partial charge in [-0.1, -0.05) is 6.58 Å². The van der Waals surface area contributed by atoms with E-state index in [0.29, 0.717) is 0 Å². The maximum Gasteiger partial charge on any atom is 0.0112 e. The van der Waals surface area contributed by atoms with Gasteiger partial charge in [-0.25, -0.2) is 0 Å². The second-order valence-electron chi connectivity index (χ2n) is 0.762. The van der Waals surface area contributed by atoms with Crippen LogP contribution in [0.3, 0.4) is 0 Å². The van der Waals surface area contributed by atoms with Crippen molar-refractivity contribution in [3.8, 4) is 0 Å². The van der Waals surface area contributed by atoms with Gasteiger partial charge in [-0.15, -0.1) is 0 Å². The first-order chi connectivity index (χ1) is 2.41. The summed E-state index contributed by atoms with van der Waals surface area (Å²) in [5, 5.41) is 2.88. The Morgan fingerprint density at radius 3 is 2.80 bits per heavy atom. The van der Waals surface area contributed by atoms with Crippen molar-refractivity contribution in [1.29, 1.82) is 0 Å². The van der Waals surface area contributed by atoms with Crippen LogP contribution in [0.4, 0.5) is 0 Å². The number of hydrogen-bond donors (Lipinski definition) is 1. The first-order valence-electron chi connectivity index (χ1n) is 1.76. The van der Waals surface area contributed by atoms with Crippen LogP contribution in [0.15, 0.2) is 12.8 Å². The van der Waals surface area contributed by atoms with Gasteiger partial charge in [0.15, 0.2) is 0 Å². The van der Waals surface area contributed by atoms with Crippen LogP contribution in [0.1, 0.15) is 8.35 Å². The van der Waals surface area contributed by atoms with Crippen molar-refractivity contribution < 1.29 is 1.43 Å². The molecular weight excluding hydrogens is 62.1 g/mol. The van der Waals surface area contributed by atoms with E-state index in [4.69, 9.17) is 0 Å². The molecule has 32 valence electrons. The number of nitrogens with one attached hydrogen (secondary N) is 1. The molecule has 0 radical (unpaired) electrons. The van der Waals surface area contributed by atoms with Crippen molar-refractivity contribution in [1.82, 2.24) is 5.32 Å². The Hall–Kier alpha value is -0.460. The molecule has 0 rings (SSSR count). The Kier molecular flexibility index (Phi) is 3.21. The number of hydrogen-bond acceptors (Lipinski definition) is 1. The van der Waals surface area contributed by atoms with E-state index in [0.717, 1.165) is 6.54 Å². The average molecular weight is 73.1 g/mol. The molecule has 0 unspecified atom stereocenters. The van der Waals surface area contributed by atoms with Crippen molar-refractivity contribution in [2.75, 3.05) is 6.54 Å². The smallest absolute Gasteiger partial charge is 0.0112 e. The van der Waals surface area contributed by atoms with E-state index < -0.39 is 0 Å². The fourth-order valence-corrected chi connectivity index (χ4v) is 0.144. The molecule has 0 saturated heterocycles. The third kappa shape index (κ3) is 3.54. The molecule has 0 aliphatic heterocycles. The SMILES string of the molecule is C=CNCC.[HH]. The summed E-state index contributed by atoms with van der Waals surface area (Å²) in [7, 11) is 0. The van der Waals surface area contributed by atoms with Gasteiger partial charge < -0.3 is 5.32 Å². The Balaban J connectivity index is 0. The second-order valence-corrected chi connectivity index (χ2v) is 0.762. The topological polar surface area (TPSA) is 12.0 Å². The fraction of sp³-hybridized carbons (Fsp3) is 0.500. The standard InChI is InChI=1S/C4H9N.H2/c1-3-5-4-2;/h3,5H,1,4H2,2H3;1H. The van der Waals surface area contributed by atoms with Crippen molar-refractivity contribution in [3.63, 3.8) is 0 Å². The zero-order chi connectivity index (χ0) is 4.12. The highest BCUT2D eigenvalue weighted by molar-refractivity contribution is 4.58. The van der Waals surface area contributed by atoms with Crippen LogP contribution in [0, 0.1) is 0 Å². The van der Waals surface area contributed by atoms with Crippen LogP contribution in [0.2, 0.25) is 0 Å². The van der Waals surface area contributed by atoms with E-state index in [1.54, 1.807) is 6.20 Å². The molecule has 0 fully saturated rings. The molecule has 0 atom stereocenters. The summed E-state index contributed by atoms with van der Waals surface area (Å²) in [6, 6.07) is 0. The van der Waals surface area contributed by atoms with Crippen LogP contribution in [0.5, 0.6) is 0 Å². The lowest BCUT2D eigenvalue weighted by Gasteiger charge is -1.83. The van der Waals surface area contributed by atoms with Crippen LogP contribution in [0.25, 0.3) is 0 Å². The van der Waals surface area contributed by atoms with E-state index in [9.17, 15) is 0 Å². The van der Waals surface area contributed by atoms with Crippen LogP contribution in [-0.4, -0.2) is 6.54 Å². The monoisotopic (exact) mass is 73.1 g/mol. The zero-order valence-corrected chi connectivity index (χ0v) is 3.49. The minimum absolute atomic E-state index is 0. The molecule has 0 aromatic carbocycles. The van der Waals surface area contributed by atoms with E-state index in [1.807, 2.05) is 6.92 Å². The molecule has 1 heteroatoms. The summed E-state index contributed by atoms with van der Waals surface area (Å²) in [5.74, 6) is 0. The van der Waals surface area contributed by atoms with E-state index in [2.05, 4.69) is 11.9 Å². The maximum absolute atomic E-state index is 3.44. The molecule has 0 aromatic rings. The van der Waals surface area contributed by atoms with Gasteiger partial charge in [0.25, 0.3) is 0 Å². The third-order valence-corrected chi connectivity index (χ3v) is 0.348. The van der Waals surface area contributed by atoms with Crippen LogP contribution < -0.4 is 5.32 Å². The Morgan fingerprint density at radius 2 is 2.80 bits per heavy atom. The molecule has 0 saturated carbocycles. The molecule has 0 spiro atoms. The molecule has 5 heavy (non-hydrogen) atoms. The Morgan fingerprint density at radius 1 is 2.20 bits per heavy atom. The van der Waals surface area contributed by atoms with Crippen LogP contribution >= 0.6 is 0 Å². The van der Waals surface area contributed by atoms with E-state index in [1.165, 1.54) is 0 Å². The average Bonchev–Trinajstić information content (AvgIpc) is 1.41. The molecule has 0 bridgehead atoms.